The van der Waals surface area contributed by atoms with E-state index in [0.29, 0.717) is 15.7 Å². The lowest BCUT2D eigenvalue weighted by molar-refractivity contribution is 1.02. The second-order valence-corrected chi connectivity index (χ2v) is 7.33. The maximum atomic E-state index is 5.95. The van der Waals surface area contributed by atoms with Crippen molar-refractivity contribution in [1.82, 2.24) is 19.7 Å². The number of benzene rings is 2. The van der Waals surface area contributed by atoms with Crippen LogP contribution in [-0.4, -0.2) is 19.7 Å². The molecule has 2 aromatic carbocycles. The summed E-state index contributed by atoms with van der Waals surface area (Å²) in [6, 6.07) is 15.6. The highest BCUT2D eigenvalue weighted by molar-refractivity contribution is 7.71. The first-order valence-corrected chi connectivity index (χ1v) is 9.50. The van der Waals surface area contributed by atoms with Crippen molar-refractivity contribution in [1.29, 1.82) is 0 Å². The van der Waals surface area contributed by atoms with Crippen molar-refractivity contribution in [2.24, 2.45) is 0 Å². The molecule has 5 nitrogen and oxygen atoms in total. The number of aromatic nitrogens is 4. The van der Waals surface area contributed by atoms with Gasteiger partial charge < -0.3 is 0 Å². The van der Waals surface area contributed by atoms with E-state index in [1.165, 1.54) is 11.3 Å². The number of thiazole rings is 1. The molecule has 0 radical (unpaired) electrons. The van der Waals surface area contributed by atoms with Crippen molar-refractivity contribution in [3.05, 3.63) is 69.3 Å². The third kappa shape index (κ3) is 3.29. The molecule has 0 atom stereocenters. The van der Waals surface area contributed by atoms with E-state index in [1.807, 2.05) is 65.4 Å². The minimum absolute atomic E-state index is 0.524. The van der Waals surface area contributed by atoms with Crippen molar-refractivity contribution >= 4 is 46.2 Å². The van der Waals surface area contributed by atoms with E-state index in [2.05, 4.69) is 20.5 Å². The molecule has 0 spiro atoms. The van der Waals surface area contributed by atoms with Gasteiger partial charge in [-0.2, -0.15) is 0 Å². The smallest absolute Gasteiger partial charge is 0.234 e. The van der Waals surface area contributed by atoms with Gasteiger partial charge in [-0.1, -0.05) is 41.9 Å². The van der Waals surface area contributed by atoms with Gasteiger partial charge in [0.15, 0.2) is 5.13 Å². The number of aryl methyl sites for hydroxylation is 1. The van der Waals surface area contributed by atoms with E-state index >= 15 is 0 Å². The molecule has 2 N–H and O–H groups in total. The van der Waals surface area contributed by atoms with Gasteiger partial charge in [0.25, 0.3) is 0 Å². The zero-order chi connectivity index (χ0) is 18.1. The lowest BCUT2D eigenvalue weighted by Gasteiger charge is -2.09. The van der Waals surface area contributed by atoms with Crippen LogP contribution in [0.2, 0.25) is 5.02 Å². The van der Waals surface area contributed by atoms with Crippen LogP contribution < -0.4 is 5.32 Å². The summed E-state index contributed by atoms with van der Waals surface area (Å²) in [7, 11) is 0. The van der Waals surface area contributed by atoms with E-state index in [9.17, 15) is 0 Å². The molecule has 2 heterocycles. The van der Waals surface area contributed by atoms with E-state index in [-0.39, 0.29) is 0 Å². The van der Waals surface area contributed by atoms with Crippen LogP contribution in [0, 0.1) is 11.7 Å². The number of anilines is 2. The van der Waals surface area contributed by atoms with E-state index in [4.69, 9.17) is 23.8 Å². The molecule has 130 valence electrons. The fourth-order valence-corrected chi connectivity index (χ4v) is 3.67. The van der Waals surface area contributed by atoms with Gasteiger partial charge in [-0.25, -0.2) is 10.1 Å². The second-order valence-electron chi connectivity index (χ2n) is 5.64. The monoisotopic (exact) mass is 399 g/mol. The number of rotatable bonds is 4. The van der Waals surface area contributed by atoms with Gasteiger partial charge in [0.1, 0.15) is 0 Å². The first-order valence-electron chi connectivity index (χ1n) is 7.84. The highest BCUT2D eigenvalue weighted by Gasteiger charge is 2.12. The quantitative estimate of drug-likeness (QED) is 0.428. The Morgan fingerprint density at radius 1 is 1.15 bits per heavy atom. The Labute approximate surface area is 164 Å². The predicted molar refractivity (Wildman–Crippen MR) is 109 cm³/mol. The molecule has 2 aromatic heterocycles. The van der Waals surface area contributed by atoms with Crippen LogP contribution >= 0.6 is 35.2 Å². The van der Waals surface area contributed by atoms with Gasteiger partial charge in [0, 0.05) is 16.0 Å². The van der Waals surface area contributed by atoms with Gasteiger partial charge in [-0.3, -0.25) is 9.88 Å². The molecule has 8 heteroatoms. The van der Waals surface area contributed by atoms with Crippen LogP contribution in [0.25, 0.3) is 16.9 Å². The van der Waals surface area contributed by atoms with Gasteiger partial charge in [-0.15, -0.1) is 16.4 Å². The first kappa shape index (κ1) is 17.0. The van der Waals surface area contributed by atoms with Crippen molar-refractivity contribution in [3.8, 4) is 16.9 Å². The molecule has 0 bridgehead atoms. The standard InChI is InChI=1S/C18H14ClN5S2/c1-11-4-2-3-5-15(11)24-16(22-23-18(24)25)21-17-20-14(10-26-17)12-6-8-13(19)9-7-12/h2-10H,1H3,(H,23,25)(H,20,21,22). The lowest BCUT2D eigenvalue weighted by Crippen LogP contribution is -2.03. The second kappa shape index (κ2) is 7.03. The van der Waals surface area contributed by atoms with Gasteiger partial charge >= 0.3 is 0 Å². The average molecular weight is 400 g/mol. The summed E-state index contributed by atoms with van der Waals surface area (Å²) in [5.41, 5.74) is 3.97. The number of para-hydroxylation sites is 1. The van der Waals surface area contributed by atoms with Crippen molar-refractivity contribution < 1.29 is 0 Å². The van der Waals surface area contributed by atoms with E-state index in [0.717, 1.165) is 27.6 Å². The highest BCUT2D eigenvalue weighted by Crippen LogP contribution is 2.28. The van der Waals surface area contributed by atoms with Crippen molar-refractivity contribution in [3.63, 3.8) is 0 Å². The summed E-state index contributed by atoms with van der Waals surface area (Å²) in [5.74, 6) is 0.598. The maximum Gasteiger partial charge on any atom is 0.234 e. The number of halogens is 1. The van der Waals surface area contributed by atoms with Crippen molar-refractivity contribution in [2.45, 2.75) is 6.92 Å². The molecule has 0 amide bonds. The zero-order valence-corrected chi connectivity index (χ0v) is 16.1. The van der Waals surface area contributed by atoms with E-state index < -0.39 is 0 Å². The minimum atomic E-state index is 0.524. The molecular weight excluding hydrogens is 386 g/mol. The van der Waals surface area contributed by atoms with Crippen LogP contribution in [0.15, 0.2) is 53.9 Å². The molecule has 26 heavy (non-hydrogen) atoms. The molecule has 0 aliphatic heterocycles. The minimum Gasteiger partial charge on any atom is -0.300 e. The van der Waals surface area contributed by atoms with Crippen LogP contribution in [0.4, 0.5) is 11.1 Å². The summed E-state index contributed by atoms with van der Waals surface area (Å²) in [6.45, 7) is 2.04. The number of nitrogens with one attached hydrogen (secondary N) is 2. The summed E-state index contributed by atoms with van der Waals surface area (Å²) in [4.78, 5) is 4.64. The number of hydrogen-bond donors (Lipinski definition) is 2. The number of H-pyrrole nitrogens is 1. The van der Waals surface area contributed by atoms with Gasteiger partial charge in [0.05, 0.1) is 11.4 Å². The summed E-state index contributed by atoms with van der Waals surface area (Å²) < 4.78 is 2.39. The third-order valence-electron chi connectivity index (χ3n) is 3.89. The normalized spacial score (nSPS) is 10.8. The largest absolute Gasteiger partial charge is 0.300 e. The fraction of sp³-hybridized carbons (Fsp3) is 0.0556. The average Bonchev–Trinajstić information content (AvgIpc) is 3.24. The zero-order valence-electron chi connectivity index (χ0n) is 13.7. The van der Waals surface area contributed by atoms with Crippen molar-refractivity contribution in [2.75, 3.05) is 5.32 Å². The van der Waals surface area contributed by atoms with Crippen LogP contribution in [-0.2, 0) is 0 Å². The van der Waals surface area contributed by atoms with E-state index in [1.54, 1.807) is 0 Å². The molecule has 0 saturated carbocycles. The Morgan fingerprint density at radius 3 is 2.69 bits per heavy atom. The molecule has 0 aliphatic carbocycles. The molecule has 4 rings (SSSR count). The number of nitrogens with zero attached hydrogens (tertiary/aromatic N) is 3. The molecular formula is C18H14ClN5S2. The number of hydrogen-bond acceptors (Lipinski definition) is 5. The van der Waals surface area contributed by atoms with Gasteiger partial charge in [0.2, 0.25) is 10.7 Å². The summed E-state index contributed by atoms with van der Waals surface area (Å²) in [5, 5.41) is 13.8. The Balaban J connectivity index is 1.66. The van der Waals surface area contributed by atoms with Crippen LogP contribution in [0.1, 0.15) is 5.56 Å². The maximum absolute atomic E-state index is 5.95. The predicted octanol–water partition coefficient (Wildman–Crippen LogP) is 5.76. The Kier molecular flexibility index (Phi) is 4.58. The Bertz CT molecular complexity index is 1110. The van der Waals surface area contributed by atoms with Crippen LogP contribution in [0.3, 0.4) is 0 Å². The van der Waals surface area contributed by atoms with Crippen LogP contribution in [0.5, 0.6) is 0 Å². The molecule has 4 aromatic rings. The Morgan fingerprint density at radius 2 is 1.92 bits per heavy atom. The summed E-state index contributed by atoms with van der Waals surface area (Å²) in [6.07, 6.45) is 0. The number of aromatic amines is 1. The lowest BCUT2D eigenvalue weighted by atomic mass is 10.2. The van der Waals surface area contributed by atoms with Gasteiger partial charge in [-0.05, 0) is 42.9 Å². The molecule has 0 unspecified atom stereocenters. The highest BCUT2D eigenvalue weighted by atomic mass is 35.5. The molecule has 0 saturated heterocycles. The third-order valence-corrected chi connectivity index (χ3v) is 5.18. The SMILES string of the molecule is Cc1ccccc1-n1c(Nc2nc(-c3ccc(Cl)cc3)cs2)n[nH]c1=S. The topological polar surface area (TPSA) is 58.5 Å². The first-order chi connectivity index (χ1) is 12.6. The Hall–Kier alpha value is -2.48. The fourth-order valence-electron chi connectivity index (χ4n) is 2.60. The molecule has 0 fully saturated rings. The molecule has 0 aliphatic rings. The summed E-state index contributed by atoms with van der Waals surface area (Å²) >= 11 is 12.9.